The van der Waals surface area contributed by atoms with Crippen LogP contribution in [0.3, 0.4) is 0 Å². The third kappa shape index (κ3) is 24.7. The molecule has 0 fully saturated rings. The molecule has 15 heavy (non-hydrogen) atoms. The van der Waals surface area contributed by atoms with E-state index in [2.05, 4.69) is 11.7 Å². The smallest absolute Gasteiger partial charge is 0.302 e. The van der Waals surface area contributed by atoms with Gasteiger partial charge in [-0.3, -0.25) is 4.79 Å². The molecular weight excluding hydrogens is 196 g/mol. The molecule has 0 aromatic rings. The molecule has 0 saturated heterocycles. The third-order valence-corrected chi connectivity index (χ3v) is 1.39. The highest BCUT2D eigenvalue weighted by molar-refractivity contribution is 5.65. The summed E-state index contributed by atoms with van der Waals surface area (Å²) in [5.41, 5.74) is 0. The summed E-state index contributed by atoms with van der Waals surface area (Å²) in [5.74, 6) is -0.211. The van der Waals surface area contributed by atoms with Crippen LogP contribution < -0.4 is 0 Å². The Labute approximate surface area is 92.6 Å². The average Bonchev–Trinajstić information content (AvgIpc) is 2.18. The monoisotopic (exact) mass is 220 g/mol. The Hall–Kier alpha value is -0.610. The van der Waals surface area contributed by atoms with Gasteiger partial charge in [-0.15, -0.1) is 0 Å². The maximum Gasteiger partial charge on any atom is 0.302 e. The molecule has 0 heterocycles. The predicted octanol–water partition coefficient (Wildman–Crippen LogP) is 1.75. The second kappa shape index (κ2) is 15.8. The van der Waals surface area contributed by atoms with Gasteiger partial charge in [0.05, 0.1) is 6.61 Å². The van der Waals surface area contributed by atoms with Gasteiger partial charge in [0, 0.05) is 26.7 Å². The van der Waals surface area contributed by atoms with Crippen LogP contribution in [0.25, 0.3) is 0 Å². The van der Waals surface area contributed by atoms with E-state index >= 15 is 0 Å². The van der Waals surface area contributed by atoms with Crippen LogP contribution in [0.1, 0.15) is 40.0 Å². The number of esters is 1. The summed E-state index contributed by atoms with van der Waals surface area (Å²) in [6.07, 6.45) is 2.93. The molecule has 0 aromatic heterocycles. The molecule has 0 atom stereocenters. The fourth-order valence-electron chi connectivity index (χ4n) is 0.766. The van der Waals surface area contributed by atoms with Gasteiger partial charge in [-0.2, -0.15) is 0 Å². The van der Waals surface area contributed by atoms with Gasteiger partial charge < -0.3 is 14.6 Å². The Balaban J connectivity index is 0. The predicted molar refractivity (Wildman–Crippen MR) is 59.7 cm³/mol. The molecule has 4 heteroatoms. The second-order valence-corrected chi connectivity index (χ2v) is 2.97. The van der Waals surface area contributed by atoms with E-state index in [0.29, 0.717) is 6.61 Å². The van der Waals surface area contributed by atoms with E-state index < -0.39 is 0 Å². The molecule has 0 aromatic carbocycles. The number of aliphatic hydroxyl groups is 1. The van der Waals surface area contributed by atoms with Gasteiger partial charge >= 0.3 is 5.97 Å². The molecule has 0 aliphatic rings. The zero-order valence-corrected chi connectivity index (χ0v) is 10.1. The summed E-state index contributed by atoms with van der Waals surface area (Å²) in [6.45, 7) is 7.68. The number of unbranched alkanes of at least 4 members (excludes halogenated alkanes) is 1. The van der Waals surface area contributed by atoms with Crippen LogP contribution in [-0.4, -0.2) is 37.5 Å². The van der Waals surface area contributed by atoms with Crippen molar-refractivity contribution in [2.45, 2.75) is 40.0 Å². The maximum atomic E-state index is 9.82. The Kier molecular flexibility index (Phi) is 17.8. The van der Waals surface area contributed by atoms with Crippen molar-refractivity contribution in [1.29, 1.82) is 0 Å². The lowest BCUT2D eigenvalue weighted by atomic mass is 10.3. The van der Waals surface area contributed by atoms with Crippen LogP contribution in [0.15, 0.2) is 0 Å². The molecule has 0 rings (SSSR count). The van der Waals surface area contributed by atoms with E-state index in [1.54, 1.807) is 6.92 Å². The fraction of sp³-hybridized carbons (Fsp3) is 0.909. The second-order valence-electron chi connectivity index (χ2n) is 2.97. The van der Waals surface area contributed by atoms with Crippen molar-refractivity contribution in [2.75, 3.05) is 26.4 Å². The van der Waals surface area contributed by atoms with E-state index in [4.69, 9.17) is 9.84 Å². The van der Waals surface area contributed by atoms with Crippen molar-refractivity contribution in [2.24, 2.45) is 0 Å². The molecule has 0 bridgehead atoms. The molecule has 0 radical (unpaired) electrons. The summed E-state index contributed by atoms with van der Waals surface area (Å²) in [4.78, 5) is 9.82. The maximum absolute atomic E-state index is 9.82. The number of rotatable bonds is 7. The van der Waals surface area contributed by atoms with Crippen LogP contribution in [0.5, 0.6) is 0 Å². The first-order valence-corrected chi connectivity index (χ1v) is 5.50. The van der Waals surface area contributed by atoms with Crippen LogP contribution >= 0.6 is 0 Å². The number of ether oxygens (including phenoxy) is 2. The lowest BCUT2D eigenvalue weighted by Crippen LogP contribution is -1.96. The Morgan fingerprint density at radius 3 is 2.20 bits per heavy atom. The minimum Gasteiger partial charge on any atom is -0.466 e. The molecular formula is C11H24O4. The van der Waals surface area contributed by atoms with Crippen molar-refractivity contribution >= 4 is 5.97 Å². The Bertz CT molecular complexity index is 120. The van der Waals surface area contributed by atoms with Crippen LogP contribution in [0.4, 0.5) is 0 Å². The summed E-state index contributed by atoms with van der Waals surface area (Å²) in [5, 5.41) is 8.37. The van der Waals surface area contributed by atoms with Crippen LogP contribution in [-0.2, 0) is 14.3 Å². The number of carbonyl (C=O) groups excluding carboxylic acids is 1. The first-order valence-electron chi connectivity index (χ1n) is 5.50. The van der Waals surface area contributed by atoms with Crippen LogP contribution in [0, 0.1) is 0 Å². The summed E-state index contributed by atoms with van der Waals surface area (Å²) < 4.78 is 9.58. The topological polar surface area (TPSA) is 55.8 Å². The molecule has 0 aliphatic carbocycles. The molecule has 1 N–H and O–H groups in total. The first-order chi connectivity index (χ1) is 7.18. The molecule has 4 nitrogen and oxygen atoms in total. The van der Waals surface area contributed by atoms with E-state index in [0.717, 1.165) is 32.5 Å². The van der Waals surface area contributed by atoms with E-state index in [1.807, 2.05) is 0 Å². The summed E-state index contributed by atoms with van der Waals surface area (Å²) in [7, 11) is 0. The van der Waals surface area contributed by atoms with Crippen molar-refractivity contribution in [1.82, 2.24) is 0 Å². The van der Waals surface area contributed by atoms with Crippen molar-refractivity contribution in [3.63, 3.8) is 0 Å². The summed E-state index contributed by atoms with van der Waals surface area (Å²) >= 11 is 0. The Morgan fingerprint density at radius 2 is 1.87 bits per heavy atom. The fourth-order valence-corrected chi connectivity index (χ4v) is 0.766. The number of carbonyl (C=O) groups is 1. The van der Waals surface area contributed by atoms with Gasteiger partial charge in [0.1, 0.15) is 0 Å². The van der Waals surface area contributed by atoms with Gasteiger partial charge in [-0.05, 0) is 26.2 Å². The quantitative estimate of drug-likeness (QED) is 0.524. The standard InChI is InChI=1S/C7H16O2.C4H8O2/c1-2-6-9-7-4-3-5-8;1-3-6-4(2)5/h8H,2-7H2,1H3;3H2,1-2H3. The van der Waals surface area contributed by atoms with Gasteiger partial charge in [-0.1, -0.05) is 6.92 Å². The van der Waals surface area contributed by atoms with Gasteiger partial charge in [-0.25, -0.2) is 0 Å². The zero-order chi connectivity index (χ0) is 11.9. The molecule has 0 saturated carbocycles. The third-order valence-electron chi connectivity index (χ3n) is 1.39. The largest absolute Gasteiger partial charge is 0.466 e. The molecule has 0 spiro atoms. The number of aliphatic hydroxyl groups excluding tert-OH is 1. The lowest BCUT2D eigenvalue weighted by molar-refractivity contribution is -0.140. The highest BCUT2D eigenvalue weighted by Gasteiger charge is 1.85. The van der Waals surface area contributed by atoms with Crippen molar-refractivity contribution < 1.29 is 19.4 Å². The highest BCUT2D eigenvalue weighted by atomic mass is 16.5. The zero-order valence-electron chi connectivity index (χ0n) is 10.1. The van der Waals surface area contributed by atoms with E-state index in [-0.39, 0.29) is 12.6 Å². The minimum absolute atomic E-state index is 0.211. The molecule has 0 unspecified atom stereocenters. The van der Waals surface area contributed by atoms with Crippen LogP contribution in [0.2, 0.25) is 0 Å². The van der Waals surface area contributed by atoms with E-state index in [1.165, 1.54) is 6.92 Å². The number of hydrogen-bond donors (Lipinski definition) is 1. The molecule has 0 amide bonds. The summed E-state index contributed by atoms with van der Waals surface area (Å²) in [6, 6.07) is 0. The lowest BCUT2D eigenvalue weighted by Gasteiger charge is -1.99. The first kappa shape index (κ1) is 16.8. The van der Waals surface area contributed by atoms with E-state index in [9.17, 15) is 4.79 Å². The number of hydrogen-bond acceptors (Lipinski definition) is 4. The van der Waals surface area contributed by atoms with Crippen molar-refractivity contribution in [3.8, 4) is 0 Å². The SMILES string of the molecule is CCCOCCCCO.CCOC(C)=O. The molecule has 0 aliphatic heterocycles. The highest BCUT2D eigenvalue weighted by Crippen LogP contribution is 1.88. The Morgan fingerprint density at radius 1 is 1.20 bits per heavy atom. The molecule has 92 valence electrons. The average molecular weight is 220 g/mol. The minimum atomic E-state index is -0.211. The van der Waals surface area contributed by atoms with Gasteiger partial charge in [0.25, 0.3) is 0 Å². The van der Waals surface area contributed by atoms with Gasteiger partial charge in [0.2, 0.25) is 0 Å². The van der Waals surface area contributed by atoms with Gasteiger partial charge in [0.15, 0.2) is 0 Å². The normalized spacial score (nSPS) is 9.07. The van der Waals surface area contributed by atoms with Crippen molar-refractivity contribution in [3.05, 3.63) is 0 Å².